The molecule has 0 unspecified atom stereocenters. The molecular weight excluding hydrogens is 386 g/mol. The molecule has 0 radical (unpaired) electrons. The predicted octanol–water partition coefficient (Wildman–Crippen LogP) is 4.90. The molecule has 0 aliphatic heterocycles. The van der Waals surface area contributed by atoms with Crippen molar-refractivity contribution in [2.75, 3.05) is 0 Å². The predicted molar refractivity (Wildman–Crippen MR) is 84.5 cm³/mol. The Labute approximate surface area is 130 Å². The highest BCUT2D eigenvalue weighted by Crippen LogP contribution is 2.39. The van der Waals surface area contributed by atoms with Crippen molar-refractivity contribution in [2.24, 2.45) is 0 Å². The zero-order valence-electron chi connectivity index (χ0n) is 10.0. The molecule has 20 heavy (non-hydrogen) atoms. The molecule has 0 aliphatic carbocycles. The summed E-state index contributed by atoms with van der Waals surface area (Å²) in [5.41, 5.74) is 3.83. The highest BCUT2D eigenvalue weighted by Gasteiger charge is 2.16. The van der Waals surface area contributed by atoms with Gasteiger partial charge >= 0.3 is 0 Å². The molecular formula is C14H7Br2N3O. The van der Waals surface area contributed by atoms with Crippen LogP contribution in [0.15, 0.2) is 50.1 Å². The molecule has 4 aromatic rings. The zero-order chi connectivity index (χ0) is 13.7. The first kappa shape index (κ1) is 12.1. The average Bonchev–Trinajstić information content (AvgIpc) is 3.06. The van der Waals surface area contributed by atoms with E-state index in [9.17, 15) is 0 Å². The van der Waals surface area contributed by atoms with E-state index < -0.39 is 0 Å². The Bertz CT molecular complexity index is 929. The fourth-order valence-corrected chi connectivity index (χ4v) is 3.36. The maximum absolute atomic E-state index is 4.88. The van der Waals surface area contributed by atoms with Crippen LogP contribution in [0, 0.1) is 0 Å². The summed E-state index contributed by atoms with van der Waals surface area (Å²) < 4.78 is 6.88. The Balaban J connectivity index is 2.23. The van der Waals surface area contributed by atoms with Crippen LogP contribution < -0.4 is 0 Å². The fourth-order valence-electron chi connectivity index (χ4n) is 2.46. The van der Waals surface area contributed by atoms with Crippen LogP contribution in [-0.2, 0) is 0 Å². The number of benzene rings is 2. The minimum absolute atomic E-state index is 0.711. The van der Waals surface area contributed by atoms with Gasteiger partial charge in [-0.15, -0.1) is 5.10 Å². The minimum atomic E-state index is 0.711. The molecule has 0 fully saturated rings. The van der Waals surface area contributed by atoms with Crippen molar-refractivity contribution >= 4 is 53.7 Å². The lowest BCUT2D eigenvalue weighted by Gasteiger charge is -2.03. The van der Waals surface area contributed by atoms with Gasteiger partial charge in [-0.2, -0.15) is 0 Å². The van der Waals surface area contributed by atoms with Gasteiger partial charge < -0.3 is 9.51 Å². The van der Waals surface area contributed by atoms with Crippen LogP contribution in [0.3, 0.4) is 0 Å². The lowest BCUT2D eigenvalue weighted by molar-refractivity contribution is 0.393. The van der Waals surface area contributed by atoms with Gasteiger partial charge in [0.15, 0.2) is 6.26 Å². The highest BCUT2D eigenvalue weighted by molar-refractivity contribution is 9.10. The van der Waals surface area contributed by atoms with E-state index in [-0.39, 0.29) is 0 Å². The smallest absolute Gasteiger partial charge is 0.152 e. The van der Waals surface area contributed by atoms with Crippen LogP contribution in [0.2, 0.25) is 0 Å². The second kappa shape index (κ2) is 4.43. The molecule has 2 aromatic carbocycles. The van der Waals surface area contributed by atoms with Gasteiger partial charge in [0.2, 0.25) is 0 Å². The summed E-state index contributed by atoms with van der Waals surface area (Å²) >= 11 is 7.12. The molecule has 4 nitrogen and oxygen atoms in total. The SMILES string of the molecule is Brc1ccc2[nH]c3ccc(Br)c(-c4conn4)c3c2c1. The number of aromatic amines is 1. The van der Waals surface area contributed by atoms with Crippen LogP contribution in [0.4, 0.5) is 0 Å². The Morgan fingerprint density at radius 2 is 1.90 bits per heavy atom. The molecule has 0 spiro atoms. The number of nitrogens with zero attached hydrogens (tertiary/aromatic N) is 2. The van der Waals surface area contributed by atoms with Crippen molar-refractivity contribution in [1.82, 2.24) is 15.4 Å². The molecule has 0 saturated carbocycles. The van der Waals surface area contributed by atoms with E-state index in [1.807, 2.05) is 18.2 Å². The number of H-pyrrole nitrogens is 1. The van der Waals surface area contributed by atoms with Crippen molar-refractivity contribution in [3.63, 3.8) is 0 Å². The van der Waals surface area contributed by atoms with Gasteiger partial charge in [0.25, 0.3) is 0 Å². The van der Waals surface area contributed by atoms with Crippen LogP contribution in [0.25, 0.3) is 33.1 Å². The van der Waals surface area contributed by atoms with E-state index in [4.69, 9.17) is 4.52 Å². The van der Waals surface area contributed by atoms with Gasteiger partial charge in [-0.1, -0.05) is 31.9 Å². The molecule has 0 aliphatic rings. The van der Waals surface area contributed by atoms with E-state index in [1.165, 1.54) is 0 Å². The number of hydrogen-bond acceptors (Lipinski definition) is 3. The average molecular weight is 393 g/mol. The number of fused-ring (bicyclic) bond motifs is 3. The summed E-state index contributed by atoms with van der Waals surface area (Å²) in [5.74, 6) is 0. The van der Waals surface area contributed by atoms with Gasteiger partial charge in [0.1, 0.15) is 5.69 Å². The third-order valence-corrected chi connectivity index (χ3v) is 4.45. The van der Waals surface area contributed by atoms with E-state index in [0.717, 1.165) is 36.3 Å². The molecule has 1 N–H and O–H groups in total. The lowest BCUT2D eigenvalue weighted by Crippen LogP contribution is -1.83. The molecule has 0 bridgehead atoms. The first-order valence-electron chi connectivity index (χ1n) is 5.91. The Morgan fingerprint density at radius 1 is 1.05 bits per heavy atom. The second-order valence-electron chi connectivity index (χ2n) is 4.45. The second-order valence-corrected chi connectivity index (χ2v) is 6.22. The fraction of sp³-hybridized carbons (Fsp3) is 0. The number of halogens is 2. The van der Waals surface area contributed by atoms with Crippen molar-refractivity contribution < 1.29 is 4.52 Å². The van der Waals surface area contributed by atoms with Gasteiger partial charge in [0.05, 0.1) is 0 Å². The van der Waals surface area contributed by atoms with Gasteiger partial charge in [-0.05, 0) is 30.3 Å². The molecule has 4 rings (SSSR count). The number of hydrogen-bond donors (Lipinski definition) is 1. The van der Waals surface area contributed by atoms with Gasteiger partial charge in [0, 0.05) is 41.6 Å². The summed E-state index contributed by atoms with van der Waals surface area (Å²) in [5, 5.41) is 9.83. The first-order chi connectivity index (χ1) is 9.74. The standard InChI is InChI=1S/C14H7Br2N3O/c15-7-1-3-10-8(5-7)13-11(17-10)4-2-9(16)14(13)12-6-20-19-18-12/h1-6,17H. The van der Waals surface area contributed by atoms with Gasteiger partial charge in [-0.25, -0.2) is 0 Å². The van der Waals surface area contributed by atoms with Crippen molar-refractivity contribution in [1.29, 1.82) is 0 Å². The molecule has 0 amide bonds. The molecule has 0 atom stereocenters. The highest BCUT2D eigenvalue weighted by atomic mass is 79.9. The topological polar surface area (TPSA) is 54.7 Å². The van der Waals surface area contributed by atoms with Crippen molar-refractivity contribution in [3.8, 4) is 11.3 Å². The number of aromatic nitrogens is 3. The minimum Gasteiger partial charge on any atom is -0.354 e. The normalized spacial score (nSPS) is 11.5. The molecule has 98 valence electrons. The first-order valence-corrected chi connectivity index (χ1v) is 7.49. The molecule has 6 heteroatoms. The summed E-state index contributed by atoms with van der Waals surface area (Å²) in [7, 11) is 0. The van der Waals surface area contributed by atoms with E-state index in [2.05, 4.69) is 59.3 Å². The maximum Gasteiger partial charge on any atom is 0.152 e. The van der Waals surface area contributed by atoms with Gasteiger partial charge in [-0.3, -0.25) is 0 Å². The monoisotopic (exact) mass is 391 g/mol. The summed E-state index contributed by atoms with van der Waals surface area (Å²) in [4.78, 5) is 3.41. The molecule has 0 saturated heterocycles. The van der Waals surface area contributed by atoms with Crippen LogP contribution in [0.1, 0.15) is 0 Å². The Morgan fingerprint density at radius 3 is 2.70 bits per heavy atom. The Kier molecular flexibility index (Phi) is 2.68. The molecule has 2 heterocycles. The van der Waals surface area contributed by atoms with E-state index in [1.54, 1.807) is 6.26 Å². The van der Waals surface area contributed by atoms with Crippen LogP contribution in [-0.4, -0.2) is 15.4 Å². The van der Waals surface area contributed by atoms with E-state index in [0.29, 0.717) is 5.69 Å². The quantitative estimate of drug-likeness (QED) is 0.501. The summed E-state index contributed by atoms with van der Waals surface area (Å²) in [6.07, 6.45) is 1.55. The zero-order valence-corrected chi connectivity index (χ0v) is 13.2. The largest absolute Gasteiger partial charge is 0.354 e. The third kappa shape index (κ3) is 1.72. The number of nitrogens with one attached hydrogen (secondary N) is 1. The summed E-state index contributed by atoms with van der Waals surface area (Å²) in [6.45, 7) is 0. The summed E-state index contributed by atoms with van der Waals surface area (Å²) in [6, 6.07) is 10.2. The Hall–Kier alpha value is -1.66. The maximum atomic E-state index is 4.88. The van der Waals surface area contributed by atoms with Crippen molar-refractivity contribution in [2.45, 2.75) is 0 Å². The lowest BCUT2D eigenvalue weighted by atomic mass is 10.0. The van der Waals surface area contributed by atoms with E-state index >= 15 is 0 Å². The molecule has 2 aromatic heterocycles. The third-order valence-electron chi connectivity index (χ3n) is 3.29. The van der Waals surface area contributed by atoms with Crippen LogP contribution in [0.5, 0.6) is 0 Å². The number of rotatable bonds is 1. The van der Waals surface area contributed by atoms with Crippen molar-refractivity contribution in [3.05, 3.63) is 45.5 Å². The van der Waals surface area contributed by atoms with Crippen LogP contribution >= 0.6 is 31.9 Å².